The molecule has 3 rings (SSSR count). The van der Waals surface area contributed by atoms with Crippen molar-refractivity contribution in [2.24, 2.45) is 0 Å². The molecule has 0 aliphatic heterocycles. The van der Waals surface area contributed by atoms with Gasteiger partial charge < -0.3 is 5.11 Å². The fourth-order valence-electron chi connectivity index (χ4n) is 2.67. The number of aromatic carboxylic acids is 1. The molecule has 1 aromatic heterocycles. The number of aryl methyl sites for hydroxylation is 1. The lowest BCUT2D eigenvalue weighted by molar-refractivity contribution is 0.0699. The Hall–Kier alpha value is -2.39. The van der Waals surface area contributed by atoms with Crippen molar-refractivity contribution in [1.29, 1.82) is 0 Å². The molecule has 2 aromatic carbocycles. The Morgan fingerprint density at radius 1 is 1.17 bits per heavy atom. The van der Waals surface area contributed by atoms with Crippen LogP contribution in [-0.2, 0) is 6.42 Å². The van der Waals surface area contributed by atoms with Crippen molar-refractivity contribution in [3.63, 3.8) is 0 Å². The number of pyridine rings is 1. The zero-order valence-corrected chi connectivity index (χ0v) is 13.5. The normalized spacial score (nSPS) is 10.9. The molecule has 3 aromatic rings. The zero-order chi connectivity index (χ0) is 16.4. The molecule has 1 N–H and O–H groups in total. The number of halogens is 1. The van der Waals surface area contributed by atoms with Gasteiger partial charge in [0.2, 0.25) is 0 Å². The van der Waals surface area contributed by atoms with Crippen LogP contribution in [0.1, 0.15) is 29.3 Å². The van der Waals surface area contributed by atoms with E-state index in [0.29, 0.717) is 21.6 Å². The number of fused-ring (bicyclic) bond motifs is 1. The van der Waals surface area contributed by atoms with Gasteiger partial charge in [-0.25, -0.2) is 9.78 Å². The van der Waals surface area contributed by atoms with Gasteiger partial charge in [-0.3, -0.25) is 0 Å². The molecule has 4 heteroatoms. The number of rotatable bonds is 4. The first kappa shape index (κ1) is 15.5. The van der Waals surface area contributed by atoms with Gasteiger partial charge in [-0.05, 0) is 24.1 Å². The van der Waals surface area contributed by atoms with Crippen LogP contribution in [0.25, 0.3) is 22.2 Å². The molecule has 0 bridgehead atoms. The summed E-state index contributed by atoms with van der Waals surface area (Å²) in [5.41, 5.74) is 3.49. The van der Waals surface area contributed by atoms with Crippen molar-refractivity contribution in [3.05, 3.63) is 64.7 Å². The molecule has 0 atom stereocenters. The summed E-state index contributed by atoms with van der Waals surface area (Å²) in [6, 6.07) is 14.8. The summed E-state index contributed by atoms with van der Waals surface area (Å²) < 4.78 is 0. The molecule has 0 radical (unpaired) electrons. The fraction of sp³-hybridized carbons (Fsp3) is 0.158. The number of carboxylic acids is 1. The second kappa shape index (κ2) is 6.39. The smallest absolute Gasteiger partial charge is 0.336 e. The maximum atomic E-state index is 11.6. The summed E-state index contributed by atoms with van der Waals surface area (Å²) in [5, 5.41) is 10.5. The lowest BCUT2D eigenvalue weighted by Crippen LogP contribution is -2.00. The van der Waals surface area contributed by atoms with E-state index in [1.165, 1.54) is 5.56 Å². The molecule has 23 heavy (non-hydrogen) atoms. The Bertz CT molecular complexity index is 872. The summed E-state index contributed by atoms with van der Waals surface area (Å²) in [6.45, 7) is 2.14. The van der Waals surface area contributed by atoms with Crippen molar-refractivity contribution in [2.45, 2.75) is 19.8 Å². The Kier molecular flexibility index (Phi) is 4.30. The van der Waals surface area contributed by atoms with Gasteiger partial charge in [0.15, 0.2) is 0 Å². The Morgan fingerprint density at radius 3 is 2.57 bits per heavy atom. The summed E-state index contributed by atoms with van der Waals surface area (Å²) >= 11 is 6.20. The Labute approximate surface area is 139 Å². The van der Waals surface area contributed by atoms with Crippen molar-refractivity contribution in [2.75, 3.05) is 0 Å². The minimum absolute atomic E-state index is 0.213. The molecule has 0 fully saturated rings. The van der Waals surface area contributed by atoms with Crippen LogP contribution in [0.5, 0.6) is 0 Å². The number of carboxylic acid groups (broad SMARTS) is 1. The van der Waals surface area contributed by atoms with E-state index in [0.717, 1.165) is 18.4 Å². The molecule has 0 saturated heterocycles. The molecular formula is C19H16ClNO2. The van der Waals surface area contributed by atoms with E-state index in [1.807, 2.05) is 12.1 Å². The molecule has 0 saturated carbocycles. The minimum atomic E-state index is -0.983. The van der Waals surface area contributed by atoms with Crippen molar-refractivity contribution in [3.8, 4) is 11.3 Å². The Balaban J connectivity index is 2.17. The van der Waals surface area contributed by atoms with Crippen LogP contribution >= 0.6 is 11.6 Å². The van der Waals surface area contributed by atoms with Crippen molar-refractivity contribution < 1.29 is 9.90 Å². The van der Waals surface area contributed by atoms with Gasteiger partial charge in [0.25, 0.3) is 0 Å². The number of aromatic nitrogens is 1. The lowest BCUT2D eigenvalue weighted by atomic mass is 10.0. The third kappa shape index (κ3) is 3.06. The van der Waals surface area contributed by atoms with Gasteiger partial charge in [0, 0.05) is 10.9 Å². The number of para-hydroxylation sites is 1. The predicted octanol–water partition coefficient (Wildman–Crippen LogP) is 5.21. The standard InChI is InChI=1S/C19H16ClNO2/c1-2-4-12-7-9-13(10-8-12)17-11-15(19(22)23)14-5-3-6-16(20)18(14)21-17/h3,5-11H,2,4H2,1H3,(H,22,23). The third-order valence-corrected chi connectivity index (χ3v) is 4.11. The summed E-state index contributed by atoms with van der Waals surface area (Å²) in [7, 11) is 0. The van der Waals surface area contributed by atoms with Crippen LogP contribution in [0, 0.1) is 0 Å². The van der Waals surface area contributed by atoms with Crippen LogP contribution < -0.4 is 0 Å². The highest BCUT2D eigenvalue weighted by atomic mass is 35.5. The molecular weight excluding hydrogens is 310 g/mol. The molecule has 0 aliphatic rings. The van der Waals surface area contributed by atoms with Crippen LogP contribution in [-0.4, -0.2) is 16.1 Å². The van der Waals surface area contributed by atoms with E-state index in [2.05, 4.69) is 24.0 Å². The van der Waals surface area contributed by atoms with Crippen LogP contribution in [0.4, 0.5) is 0 Å². The van der Waals surface area contributed by atoms with Crippen LogP contribution in [0.2, 0.25) is 5.02 Å². The van der Waals surface area contributed by atoms with Crippen LogP contribution in [0.15, 0.2) is 48.5 Å². The first-order chi connectivity index (χ1) is 11.1. The fourth-order valence-corrected chi connectivity index (χ4v) is 2.89. The van der Waals surface area contributed by atoms with Crippen LogP contribution in [0.3, 0.4) is 0 Å². The highest BCUT2D eigenvalue weighted by Gasteiger charge is 2.14. The number of nitrogens with zero attached hydrogens (tertiary/aromatic N) is 1. The largest absolute Gasteiger partial charge is 0.478 e. The van der Waals surface area contributed by atoms with E-state index in [4.69, 9.17) is 11.6 Å². The zero-order valence-electron chi connectivity index (χ0n) is 12.7. The van der Waals surface area contributed by atoms with E-state index >= 15 is 0 Å². The molecule has 1 heterocycles. The van der Waals surface area contributed by atoms with E-state index in [1.54, 1.807) is 24.3 Å². The van der Waals surface area contributed by atoms with E-state index < -0.39 is 5.97 Å². The van der Waals surface area contributed by atoms with Gasteiger partial charge in [-0.1, -0.05) is 61.3 Å². The molecule has 116 valence electrons. The average molecular weight is 326 g/mol. The monoisotopic (exact) mass is 325 g/mol. The molecule has 3 nitrogen and oxygen atoms in total. The highest BCUT2D eigenvalue weighted by molar-refractivity contribution is 6.35. The van der Waals surface area contributed by atoms with Gasteiger partial charge in [0.05, 0.1) is 21.8 Å². The Morgan fingerprint density at radius 2 is 1.91 bits per heavy atom. The number of benzene rings is 2. The maximum absolute atomic E-state index is 11.6. The number of carbonyl (C=O) groups is 1. The maximum Gasteiger partial charge on any atom is 0.336 e. The predicted molar refractivity (Wildman–Crippen MR) is 93.1 cm³/mol. The third-order valence-electron chi connectivity index (χ3n) is 3.81. The first-order valence-corrected chi connectivity index (χ1v) is 7.90. The summed E-state index contributed by atoms with van der Waals surface area (Å²) in [6.07, 6.45) is 2.12. The SMILES string of the molecule is CCCc1ccc(-c2cc(C(=O)O)c3cccc(Cl)c3n2)cc1. The number of hydrogen-bond acceptors (Lipinski definition) is 2. The van der Waals surface area contributed by atoms with Gasteiger partial charge >= 0.3 is 5.97 Å². The molecule has 0 spiro atoms. The van der Waals surface area contributed by atoms with Crippen molar-refractivity contribution in [1.82, 2.24) is 4.98 Å². The summed E-state index contributed by atoms with van der Waals surface area (Å²) in [4.78, 5) is 16.1. The van der Waals surface area contributed by atoms with Gasteiger partial charge in [0.1, 0.15) is 0 Å². The summed E-state index contributed by atoms with van der Waals surface area (Å²) in [5.74, 6) is -0.983. The van der Waals surface area contributed by atoms with Gasteiger partial charge in [-0.15, -0.1) is 0 Å². The van der Waals surface area contributed by atoms with E-state index in [9.17, 15) is 9.90 Å². The molecule has 0 unspecified atom stereocenters. The average Bonchev–Trinajstić information content (AvgIpc) is 2.55. The second-order valence-corrected chi connectivity index (χ2v) is 5.85. The molecule has 0 aliphatic carbocycles. The molecule has 0 amide bonds. The van der Waals surface area contributed by atoms with E-state index in [-0.39, 0.29) is 5.56 Å². The second-order valence-electron chi connectivity index (χ2n) is 5.44. The first-order valence-electron chi connectivity index (χ1n) is 7.52. The quantitative estimate of drug-likeness (QED) is 0.716. The van der Waals surface area contributed by atoms with Crippen molar-refractivity contribution >= 4 is 28.5 Å². The number of hydrogen-bond donors (Lipinski definition) is 1. The lowest BCUT2D eigenvalue weighted by Gasteiger charge is -2.09. The topological polar surface area (TPSA) is 50.2 Å². The minimum Gasteiger partial charge on any atom is -0.478 e. The van der Waals surface area contributed by atoms with Gasteiger partial charge in [-0.2, -0.15) is 0 Å². The highest BCUT2D eigenvalue weighted by Crippen LogP contribution is 2.29.